The molecule has 0 saturated carbocycles. The van der Waals surface area contributed by atoms with Crippen LogP contribution in [0, 0.1) is 0 Å². The number of carboxylic acids is 1. The minimum atomic E-state index is -1.05. The predicted molar refractivity (Wildman–Crippen MR) is 67.8 cm³/mol. The average Bonchev–Trinajstić information content (AvgIpc) is 2.36. The largest absolute Gasteiger partial charge is 0.480 e. The smallest absolute Gasteiger partial charge is 0.329 e. The van der Waals surface area contributed by atoms with Gasteiger partial charge in [0.1, 0.15) is 17.7 Å². The lowest BCUT2D eigenvalue weighted by Gasteiger charge is -2.25. The highest BCUT2D eigenvalue weighted by atomic mass is 16.5. The van der Waals surface area contributed by atoms with Crippen molar-refractivity contribution in [1.82, 2.24) is 9.97 Å². The fraction of sp³-hybridized carbons (Fsp3) is 0.583. The van der Waals surface area contributed by atoms with E-state index < -0.39 is 11.5 Å². The Morgan fingerprint density at radius 3 is 2.78 bits per heavy atom. The highest BCUT2D eigenvalue weighted by molar-refractivity contribution is 5.81. The first kappa shape index (κ1) is 14.2. The second kappa shape index (κ2) is 6.18. The minimum Gasteiger partial charge on any atom is -0.480 e. The van der Waals surface area contributed by atoms with E-state index in [1.807, 2.05) is 6.92 Å². The molecule has 0 amide bonds. The Hall–Kier alpha value is -1.85. The zero-order valence-electron chi connectivity index (χ0n) is 10.9. The van der Waals surface area contributed by atoms with Crippen LogP contribution in [0.15, 0.2) is 12.4 Å². The molecule has 0 saturated heterocycles. The van der Waals surface area contributed by atoms with Crippen molar-refractivity contribution in [3.05, 3.63) is 12.4 Å². The molecule has 0 bridgehead atoms. The van der Waals surface area contributed by atoms with Crippen LogP contribution in [0.4, 0.5) is 5.82 Å². The zero-order valence-corrected chi connectivity index (χ0v) is 10.9. The molecule has 0 aromatic carbocycles. The predicted octanol–water partition coefficient (Wildman–Crippen LogP) is 1.93. The third-order valence-electron chi connectivity index (χ3n) is 2.68. The topological polar surface area (TPSA) is 84.3 Å². The normalized spacial score (nSPS) is 13.7. The summed E-state index contributed by atoms with van der Waals surface area (Å²) in [6, 6.07) is 1.60. The Morgan fingerprint density at radius 1 is 1.50 bits per heavy atom. The molecular weight excluding hydrogens is 234 g/mol. The maximum Gasteiger partial charge on any atom is 0.329 e. The van der Waals surface area contributed by atoms with Gasteiger partial charge in [-0.1, -0.05) is 13.8 Å². The van der Waals surface area contributed by atoms with Gasteiger partial charge in [0.25, 0.3) is 0 Å². The van der Waals surface area contributed by atoms with Crippen molar-refractivity contribution in [2.75, 3.05) is 11.9 Å². The van der Waals surface area contributed by atoms with Gasteiger partial charge in [-0.2, -0.15) is 0 Å². The second-order valence-corrected chi connectivity index (χ2v) is 4.21. The summed E-state index contributed by atoms with van der Waals surface area (Å²) in [5.74, 6) is -0.0271. The summed E-state index contributed by atoms with van der Waals surface area (Å²) in [7, 11) is 0. The highest BCUT2D eigenvalue weighted by Crippen LogP contribution is 2.19. The van der Waals surface area contributed by atoms with Crippen LogP contribution < -0.4 is 10.1 Å². The van der Waals surface area contributed by atoms with E-state index in [0.29, 0.717) is 24.7 Å². The fourth-order valence-electron chi connectivity index (χ4n) is 1.27. The first-order valence-electron chi connectivity index (χ1n) is 5.98. The molecule has 0 aliphatic heterocycles. The number of nitrogens with one attached hydrogen (secondary N) is 1. The van der Waals surface area contributed by atoms with E-state index in [2.05, 4.69) is 15.3 Å². The molecule has 1 atom stereocenters. The van der Waals surface area contributed by atoms with Gasteiger partial charge in [0, 0.05) is 6.07 Å². The summed E-state index contributed by atoms with van der Waals surface area (Å²) in [4.78, 5) is 19.1. The van der Waals surface area contributed by atoms with Crippen molar-refractivity contribution in [3.63, 3.8) is 0 Å². The summed E-state index contributed by atoms with van der Waals surface area (Å²) >= 11 is 0. The van der Waals surface area contributed by atoms with Crippen LogP contribution >= 0.6 is 0 Å². The quantitative estimate of drug-likeness (QED) is 0.772. The van der Waals surface area contributed by atoms with Crippen molar-refractivity contribution in [2.24, 2.45) is 0 Å². The number of aliphatic carboxylic acids is 1. The molecule has 6 heteroatoms. The van der Waals surface area contributed by atoms with E-state index in [4.69, 9.17) is 9.84 Å². The Kier molecular flexibility index (Phi) is 4.88. The lowest BCUT2D eigenvalue weighted by Crippen LogP contribution is -2.42. The van der Waals surface area contributed by atoms with Crippen LogP contribution in [-0.2, 0) is 4.79 Å². The molecule has 0 radical (unpaired) electrons. The third-order valence-corrected chi connectivity index (χ3v) is 2.68. The van der Waals surface area contributed by atoms with Gasteiger partial charge in [-0.3, -0.25) is 0 Å². The summed E-state index contributed by atoms with van der Waals surface area (Å²) in [5.41, 5.74) is -1.05. The SMILES string of the molecule is CCCOc1cc(NC(C)(CC)C(=O)O)ncn1. The zero-order chi connectivity index (χ0) is 13.6. The van der Waals surface area contributed by atoms with Crippen molar-refractivity contribution in [3.8, 4) is 5.88 Å². The molecule has 1 aromatic rings. The number of rotatable bonds is 7. The Bertz CT molecular complexity index is 411. The summed E-state index contributed by atoms with van der Waals surface area (Å²) in [5, 5.41) is 12.1. The van der Waals surface area contributed by atoms with Crippen LogP contribution in [0.3, 0.4) is 0 Å². The molecule has 2 N–H and O–H groups in total. The van der Waals surface area contributed by atoms with Gasteiger partial charge in [-0.05, 0) is 19.8 Å². The van der Waals surface area contributed by atoms with Gasteiger partial charge in [0.05, 0.1) is 6.61 Å². The number of hydrogen-bond donors (Lipinski definition) is 2. The molecule has 1 aromatic heterocycles. The number of aromatic nitrogens is 2. The number of carbonyl (C=O) groups is 1. The standard InChI is InChI=1S/C12H19N3O3/c1-4-6-18-10-7-9(13-8-14-10)15-12(3,5-2)11(16)17/h7-8H,4-6H2,1-3H3,(H,16,17)(H,13,14,15). The van der Waals surface area contributed by atoms with Crippen molar-refractivity contribution >= 4 is 11.8 Å². The fourth-order valence-corrected chi connectivity index (χ4v) is 1.27. The van der Waals surface area contributed by atoms with Crippen LogP contribution in [-0.4, -0.2) is 33.2 Å². The molecule has 1 unspecified atom stereocenters. The van der Waals surface area contributed by atoms with Crippen LogP contribution in [0.25, 0.3) is 0 Å². The van der Waals surface area contributed by atoms with Gasteiger partial charge in [-0.25, -0.2) is 14.8 Å². The maximum atomic E-state index is 11.2. The van der Waals surface area contributed by atoms with E-state index in [9.17, 15) is 4.79 Å². The number of hydrogen-bond acceptors (Lipinski definition) is 5. The molecule has 0 aliphatic carbocycles. The van der Waals surface area contributed by atoms with Crippen LogP contribution in [0.1, 0.15) is 33.6 Å². The highest BCUT2D eigenvalue weighted by Gasteiger charge is 2.31. The molecule has 100 valence electrons. The Labute approximate surface area is 106 Å². The van der Waals surface area contributed by atoms with Crippen molar-refractivity contribution in [2.45, 2.75) is 39.2 Å². The van der Waals surface area contributed by atoms with E-state index in [-0.39, 0.29) is 0 Å². The van der Waals surface area contributed by atoms with E-state index in [1.54, 1.807) is 19.9 Å². The van der Waals surface area contributed by atoms with Gasteiger partial charge >= 0.3 is 5.97 Å². The van der Waals surface area contributed by atoms with Crippen molar-refractivity contribution < 1.29 is 14.6 Å². The molecule has 1 rings (SSSR count). The Morgan fingerprint density at radius 2 is 2.22 bits per heavy atom. The molecule has 18 heavy (non-hydrogen) atoms. The van der Waals surface area contributed by atoms with Crippen molar-refractivity contribution in [1.29, 1.82) is 0 Å². The Balaban J connectivity index is 2.80. The number of carboxylic acid groups (broad SMARTS) is 1. The van der Waals surface area contributed by atoms with Crippen LogP contribution in [0.5, 0.6) is 5.88 Å². The molecule has 6 nitrogen and oxygen atoms in total. The summed E-state index contributed by atoms with van der Waals surface area (Å²) in [6.07, 6.45) is 2.68. The van der Waals surface area contributed by atoms with E-state index >= 15 is 0 Å². The van der Waals surface area contributed by atoms with E-state index in [1.165, 1.54) is 6.33 Å². The average molecular weight is 253 g/mol. The number of anilines is 1. The van der Waals surface area contributed by atoms with Gasteiger partial charge in [0.2, 0.25) is 5.88 Å². The second-order valence-electron chi connectivity index (χ2n) is 4.21. The molecular formula is C12H19N3O3. The lowest BCUT2D eigenvalue weighted by molar-refractivity contribution is -0.141. The molecule has 0 fully saturated rings. The van der Waals surface area contributed by atoms with Gasteiger partial charge in [0.15, 0.2) is 0 Å². The summed E-state index contributed by atoms with van der Waals surface area (Å²) in [6.45, 7) is 5.99. The molecule has 0 aliphatic rings. The minimum absolute atomic E-state index is 0.442. The summed E-state index contributed by atoms with van der Waals surface area (Å²) < 4.78 is 5.37. The third kappa shape index (κ3) is 3.58. The first-order chi connectivity index (χ1) is 8.51. The van der Waals surface area contributed by atoms with Crippen LogP contribution in [0.2, 0.25) is 0 Å². The molecule has 1 heterocycles. The van der Waals surface area contributed by atoms with Gasteiger partial charge < -0.3 is 15.2 Å². The number of nitrogens with zero attached hydrogens (tertiary/aromatic N) is 2. The van der Waals surface area contributed by atoms with E-state index in [0.717, 1.165) is 6.42 Å². The maximum absolute atomic E-state index is 11.2. The lowest BCUT2D eigenvalue weighted by atomic mass is 9.99. The first-order valence-corrected chi connectivity index (χ1v) is 5.98. The molecule has 0 spiro atoms. The monoisotopic (exact) mass is 253 g/mol. The van der Waals surface area contributed by atoms with Gasteiger partial charge in [-0.15, -0.1) is 0 Å². The number of ether oxygens (including phenoxy) is 1.